The third kappa shape index (κ3) is 3.10. The van der Waals surface area contributed by atoms with Crippen molar-refractivity contribution >= 4 is 5.91 Å². The second-order valence-electron chi connectivity index (χ2n) is 4.00. The Kier molecular flexibility index (Phi) is 3.97. The van der Waals surface area contributed by atoms with Gasteiger partial charge in [-0.15, -0.1) is 0 Å². The fourth-order valence-electron chi connectivity index (χ4n) is 1.72. The highest BCUT2D eigenvalue weighted by atomic mass is 16.3. The summed E-state index contributed by atoms with van der Waals surface area (Å²) in [5, 5.41) is 12.4. The number of hydrogen-bond donors (Lipinski definition) is 2. The molecule has 0 bridgehead atoms. The van der Waals surface area contributed by atoms with Crippen LogP contribution in [-0.4, -0.2) is 17.6 Å². The summed E-state index contributed by atoms with van der Waals surface area (Å²) in [7, 11) is 0. The molecule has 2 N–H and O–H groups in total. The Morgan fingerprint density at radius 1 is 1.00 bits per heavy atom. The van der Waals surface area contributed by atoms with E-state index in [4.69, 9.17) is 0 Å². The van der Waals surface area contributed by atoms with Crippen LogP contribution in [0.1, 0.15) is 15.9 Å². The van der Waals surface area contributed by atoms with Crippen molar-refractivity contribution in [2.45, 2.75) is 6.42 Å². The maximum atomic E-state index is 11.7. The standard InChI is InChI=1S/C15H15NO2/c17-14-9-5-4-6-12(14)10-11-16-15(18)13-7-2-1-3-8-13/h1-9,17H,10-11H2,(H,16,18). The largest absolute Gasteiger partial charge is 0.508 e. The maximum Gasteiger partial charge on any atom is 0.251 e. The molecule has 18 heavy (non-hydrogen) atoms. The Labute approximate surface area is 106 Å². The zero-order chi connectivity index (χ0) is 12.8. The minimum Gasteiger partial charge on any atom is -0.508 e. The van der Waals surface area contributed by atoms with E-state index in [1.807, 2.05) is 30.3 Å². The fourth-order valence-corrected chi connectivity index (χ4v) is 1.72. The van der Waals surface area contributed by atoms with Crippen LogP contribution < -0.4 is 5.32 Å². The third-order valence-electron chi connectivity index (χ3n) is 2.71. The zero-order valence-corrected chi connectivity index (χ0v) is 9.97. The van der Waals surface area contributed by atoms with Crippen LogP contribution in [0.15, 0.2) is 54.6 Å². The molecule has 0 spiro atoms. The van der Waals surface area contributed by atoms with Crippen LogP contribution in [0.25, 0.3) is 0 Å². The molecule has 0 unspecified atom stereocenters. The van der Waals surface area contributed by atoms with Crippen molar-refractivity contribution in [3.05, 3.63) is 65.7 Å². The van der Waals surface area contributed by atoms with Crippen molar-refractivity contribution in [2.24, 2.45) is 0 Å². The molecule has 0 saturated carbocycles. The quantitative estimate of drug-likeness (QED) is 0.863. The first-order valence-electron chi connectivity index (χ1n) is 5.87. The van der Waals surface area contributed by atoms with Gasteiger partial charge in [0.25, 0.3) is 5.91 Å². The van der Waals surface area contributed by atoms with Gasteiger partial charge in [-0.3, -0.25) is 4.79 Å². The summed E-state index contributed by atoms with van der Waals surface area (Å²) in [5.74, 6) is 0.178. The van der Waals surface area contributed by atoms with Gasteiger partial charge in [0.1, 0.15) is 5.75 Å². The summed E-state index contributed by atoms with van der Waals surface area (Å²) < 4.78 is 0. The molecule has 0 aliphatic rings. The van der Waals surface area contributed by atoms with Crippen molar-refractivity contribution in [3.8, 4) is 5.75 Å². The van der Waals surface area contributed by atoms with Gasteiger partial charge in [0.15, 0.2) is 0 Å². The molecule has 3 heteroatoms. The van der Waals surface area contributed by atoms with Gasteiger partial charge in [0.2, 0.25) is 0 Å². The number of phenolic OH excluding ortho intramolecular Hbond substituents is 1. The predicted octanol–water partition coefficient (Wildman–Crippen LogP) is 2.36. The first-order chi connectivity index (χ1) is 8.77. The molecule has 0 aliphatic heterocycles. The van der Waals surface area contributed by atoms with Gasteiger partial charge in [-0.2, -0.15) is 0 Å². The molecule has 0 aromatic heterocycles. The van der Waals surface area contributed by atoms with Gasteiger partial charge in [-0.1, -0.05) is 36.4 Å². The molecular weight excluding hydrogens is 226 g/mol. The molecule has 0 atom stereocenters. The molecule has 0 saturated heterocycles. The number of carbonyl (C=O) groups is 1. The van der Waals surface area contributed by atoms with Crippen LogP contribution in [0.4, 0.5) is 0 Å². The summed E-state index contributed by atoms with van der Waals surface area (Å²) in [6, 6.07) is 16.2. The van der Waals surface area contributed by atoms with E-state index in [1.54, 1.807) is 24.3 Å². The molecule has 2 aromatic rings. The molecule has 0 fully saturated rings. The number of benzene rings is 2. The molecule has 0 aliphatic carbocycles. The molecule has 1 amide bonds. The second kappa shape index (κ2) is 5.87. The smallest absolute Gasteiger partial charge is 0.251 e. The van der Waals surface area contributed by atoms with Gasteiger partial charge in [0.05, 0.1) is 0 Å². The Morgan fingerprint density at radius 2 is 1.67 bits per heavy atom. The Bertz CT molecular complexity index is 523. The topological polar surface area (TPSA) is 49.3 Å². The maximum absolute atomic E-state index is 11.7. The monoisotopic (exact) mass is 241 g/mol. The number of aromatic hydroxyl groups is 1. The summed E-state index contributed by atoms with van der Waals surface area (Å²) in [4.78, 5) is 11.7. The highest BCUT2D eigenvalue weighted by Crippen LogP contribution is 2.15. The lowest BCUT2D eigenvalue weighted by Crippen LogP contribution is -2.25. The Hall–Kier alpha value is -2.29. The molecule has 2 aromatic carbocycles. The predicted molar refractivity (Wildman–Crippen MR) is 70.6 cm³/mol. The van der Waals surface area contributed by atoms with Gasteiger partial charge >= 0.3 is 0 Å². The number of rotatable bonds is 4. The summed E-state index contributed by atoms with van der Waals surface area (Å²) >= 11 is 0. The van der Waals surface area contributed by atoms with Crippen LogP contribution >= 0.6 is 0 Å². The minimum absolute atomic E-state index is 0.0916. The Balaban J connectivity index is 1.86. The molecule has 0 radical (unpaired) electrons. The number of amides is 1. The van der Waals surface area contributed by atoms with E-state index < -0.39 is 0 Å². The van der Waals surface area contributed by atoms with Crippen molar-refractivity contribution in [1.82, 2.24) is 5.32 Å². The van der Waals surface area contributed by atoms with E-state index in [2.05, 4.69) is 5.32 Å². The summed E-state index contributed by atoms with van der Waals surface area (Å²) in [5.41, 5.74) is 1.49. The molecule has 0 heterocycles. The van der Waals surface area contributed by atoms with Crippen LogP contribution in [0.2, 0.25) is 0 Å². The first kappa shape index (κ1) is 12.2. The summed E-state index contributed by atoms with van der Waals surface area (Å²) in [6.45, 7) is 0.505. The molecular formula is C15H15NO2. The van der Waals surface area contributed by atoms with Gasteiger partial charge in [-0.25, -0.2) is 0 Å². The minimum atomic E-state index is -0.0916. The van der Waals surface area contributed by atoms with E-state index >= 15 is 0 Å². The van der Waals surface area contributed by atoms with E-state index in [0.717, 1.165) is 5.56 Å². The lowest BCUT2D eigenvalue weighted by molar-refractivity contribution is 0.0954. The van der Waals surface area contributed by atoms with Crippen molar-refractivity contribution in [3.63, 3.8) is 0 Å². The van der Waals surface area contributed by atoms with Crippen LogP contribution in [0.5, 0.6) is 5.75 Å². The second-order valence-corrected chi connectivity index (χ2v) is 4.00. The average molecular weight is 241 g/mol. The zero-order valence-electron chi connectivity index (χ0n) is 9.97. The van der Waals surface area contributed by atoms with E-state index in [9.17, 15) is 9.90 Å². The van der Waals surface area contributed by atoms with Gasteiger partial charge in [0, 0.05) is 12.1 Å². The average Bonchev–Trinajstić information content (AvgIpc) is 2.42. The highest BCUT2D eigenvalue weighted by molar-refractivity contribution is 5.94. The highest BCUT2D eigenvalue weighted by Gasteiger charge is 2.04. The van der Waals surface area contributed by atoms with Gasteiger partial charge < -0.3 is 10.4 Å². The van der Waals surface area contributed by atoms with Crippen molar-refractivity contribution in [1.29, 1.82) is 0 Å². The van der Waals surface area contributed by atoms with Crippen molar-refractivity contribution in [2.75, 3.05) is 6.54 Å². The Morgan fingerprint density at radius 3 is 2.39 bits per heavy atom. The lowest BCUT2D eigenvalue weighted by Gasteiger charge is -2.06. The number of carbonyl (C=O) groups excluding carboxylic acids is 1. The lowest BCUT2D eigenvalue weighted by atomic mass is 10.1. The van der Waals surface area contributed by atoms with E-state index in [-0.39, 0.29) is 11.7 Å². The van der Waals surface area contributed by atoms with E-state index in [1.165, 1.54) is 0 Å². The van der Waals surface area contributed by atoms with E-state index in [0.29, 0.717) is 18.5 Å². The number of hydrogen-bond acceptors (Lipinski definition) is 2. The molecule has 3 nitrogen and oxygen atoms in total. The SMILES string of the molecule is O=C(NCCc1ccccc1O)c1ccccc1. The van der Waals surface area contributed by atoms with Crippen LogP contribution in [0, 0.1) is 0 Å². The normalized spacial score (nSPS) is 10.0. The number of phenols is 1. The van der Waals surface area contributed by atoms with Crippen LogP contribution in [0.3, 0.4) is 0 Å². The molecule has 92 valence electrons. The van der Waals surface area contributed by atoms with Crippen LogP contribution in [-0.2, 0) is 6.42 Å². The summed E-state index contributed by atoms with van der Waals surface area (Å²) in [6.07, 6.45) is 0.616. The number of para-hydroxylation sites is 1. The van der Waals surface area contributed by atoms with Gasteiger partial charge in [-0.05, 0) is 30.2 Å². The number of nitrogens with one attached hydrogen (secondary N) is 1. The third-order valence-corrected chi connectivity index (χ3v) is 2.71. The van der Waals surface area contributed by atoms with Crippen molar-refractivity contribution < 1.29 is 9.90 Å². The first-order valence-corrected chi connectivity index (χ1v) is 5.87. The fraction of sp³-hybridized carbons (Fsp3) is 0.133. The molecule has 2 rings (SSSR count).